The lowest BCUT2D eigenvalue weighted by Crippen LogP contribution is -2.52. The number of ether oxygens (including phenoxy) is 2. The summed E-state index contributed by atoms with van der Waals surface area (Å²) in [5.74, 6) is -1.84. The molecule has 0 aliphatic heterocycles. The first-order chi connectivity index (χ1) is 14.4. The lowest BCUT2D eigenvalue weighted by Gasteiger charge is -2.42. The number of aliphatic carboxylic acids is 1. The van der Waals surface area contributed by atoms with Gasteiger partial charge >= 0.3 is 5.97 Å². The maximum Gasteiger partial charge on any atom is 0.331 e. The van der Waals surface area contributed by atoms with Crippen molar-refractivity contribution in [2.75, 3.05) is 13.7 Å². The third kappa shape index (κ3) is 4.14. The maximum atomic E-state index is 12.5. The number of carboxylic acids is 1. The van der Waals surface area contributed by atoms with Crippen molar-refractivity contribution in [3.8, 4) is 11.5 Å². The Labute approximate surface area is 175 Å². The number of benzene rings is 2. The van der Waals surface area contributed by atoms with E-state index in [2.05, 4.69) is 0 Å². The largest absolute Gasteiger partial charge is 0.504 e. The van der Waals surface area contributed by atoms with E-state index in [9.17, 15) is 19.8 Å². The molecular formula is C24H24O6. The van der Waals surface area contributed by atoms with Gasteiger partial charge in [0, 0.05) is 24.2 Å². The van der Waals surface area contributed by atoms with Gasteiger partial charge in [0.15, 0.2) is 17.3 Å². The zero-order valence-electron chi connectivity index (χ0n) is 16.9. The quantitative estimate of drug-likeness (QED) is 0.694. The molecule has 0 amide bonds. The van der Waals surface area contributed by atoms with Crippen LogP contribution in [0.15, 0.2) is 77.9 Å². The summed E-state index contributed by atoms with van der Waals surface area (Å²) in [5.41, 5.74) is 0.0215. The van der Waals surface area contributed by atoms with Crippen LogP contribution in [0.3, 0.4) is 0 Å². The summed E-state index contributed by atoms with van der Waals surface area (Å²) in [6.45, 7) is 1.27. The van der Waals surface area contributed by atoms with Gasteiger partial charge in [-0.3, -0.25) is 4.79 Å². The predicted octanol–water partition coefficient (Wildman–Crippen LogP) is 3.56. The number of phenols is 1. The van der Waals surface area contributed by atoms with Crippen LogP contribution in [0.25, 0.3) is 0 Å². The molecule has 0 saturated heterocycles. The number of hydrogen-bond acceptors (Lipinski definition) is 5. The Bertz CT molecular complexity index is 992. The number of Topliss-reactive ketones (excluding diaryl/α,β-unsaturated/α-hetero) is 1. The Kier molecular flexibility index (Phi) is 6.37. The van der Waals surface area contributed by atoms with Crippen molar-refractivity contribution in [3.63, 3.8) is 0 Å². The molecule has 1 aliphatic rings. The summed E-state index contributed by atoms with van der Waals surface area (Å²) in [6, 6.07) is 15.9. The van der Waals surface area contributed by atoms with Gasteiger partial charge in [0.1, 0.15) is 12.2 Å². The van der Waals surface area contributed by atoms with Gasteiger partial charge in [-0.2, -0.15) is 0 Å². The highest BCUT2D eigenvalue weighted by atomic mass is 16.5. The zero-order chi connectivity index (χ0) is 21.7. The second kappa shape index (κ2) is 8.97. The SMILES string of the molecule is COC1(COc2ccccc2O)C(C(C)=O)=CC=C(C(=O)O)C1Cc1ccccc1. The molecule has 0 heterocycles. The first-order valence-electron chi connectivity index (χ1n) is 9.55. The van der Waals surface area contributed by atoms with Crippen LogP contribution < -0.4 is 4.74 Å². The Morgan fingerprint density at radius 3 is 2.30 bits per heavy atom. The minimum absolute atomic E-state index is 0.0541. The van der Waals surface area contributed by atoms with Gasteiger partial charge in [-0.25, -0.2) is 4.79 Å². The van der Waals surface area contributed by atoms with Crippen molar-refractivity contribution in [1.82, 2.24) is 0 Å². The Hall–Kier alpha value is -3.38. The van der Waals surface area contributed by atoms with Crippen molar-refractivity contribution >= 4 is 11.8 Å². The van der Waals surface area contributed by atoms with Crippen molar-refractivity contribution in [1.29, 1.82) is 0 Å². The maximum absolute atomic E-state index is 12.5. The molecule has 0 bridgehead atoms. The van der Waals surface area contributed by atoms with Gasteiger partial charge in [-0.05, 0) is 31.0 Å². The molecule has 156 valence electrons. The lowest BCUT2D eigenvalue weighted by atomic mass is 9.70. The molecule has 0 radical (unpaired) electrons. The minimum atomic E-state index is -1.34. The van der Waals surface area contributed by atoms with E-state index in [1.807, 2.05) is 30.3 Å². The van der Waals surface area contributed by atoms with E-state index in [1.165, 1.54) is 32.3 Å². The monoisotopic (exact) mass is 408 g/mol. The van der Waals surface area contributed by atoms with Crippen LogP contribution in [-0.4, -0.2) is 41.3 Å². The molecule has 2 N–H and O–H groups in total. The van der Waals surface area contributed by atoms with E-state index in [0.717, 1.165) is 5.56 Å². The molecule has 0 aromatic heterocycles. The summed E-state index contributed by atoms with van der Waals surface area (Å²) in [5, 5.41) is 19.9. The standard InChI is InChI=1S/C24H24O6/c1-16(25)19-13-12-18(23(27)28)20(14-17-8-4-3-5-9-17)24(19,29-2)15-30-22-11-7-6-10-21(22)26/h3-13,20,26H,14-15H2,1-2H3,(H,27,28). The summed E-state index contributed by atoms with van der Waals surface area (Å²) in [4.78, 5) is 24.5. The summed E-state index contributed by atoms with van der Waals surface area (Å²) >= 11 is 0. The molecule has 6 heteroatoms. The van der Waals surface area contributed by atoms with E-state index in [1.54, 1.807) is 18.2 Å². The fraction of sp³-hybridized carbons (Fsp3) is 0.250. The molecule has 2 unspecified atom stereocenters. The highest BCUT2D eigenvalue weighted by Crippen LogP contribution is 2.42. The topological polar surface area (TPSA) is 93.1 Å². The Morgan fingerprint density at radius 1 is 1.03 bits per heavy atom. The highest BCUT2D eigenvalue weighted by molar-refractivity contribution is 5.98. The number of ketones is 1. The smallest absolute Gasteiger partial charge is 0.331 e. The fourth-order valence-electron chi connectivity index (χ4n) is 3.88. The third-order valence-corrected chi connectivity index (χ3v) is 5.40. The van der Waals surface area contributed by atoms with Gasteiger partial charge in [-0.15, -0.1) is 0 Å². The molecule has 2 atom stereocenters. The number of hydrogen-bond donors (Lipinski definition) is 2. The molecule has 2 aromatic rings. The Morgan fingerprint density at radius 2 is 1.70 bits per heavy atom. The number of carbonyl (C=O) groups excluding carboxylic acids is 1. The molecule has 6 nitrogen and oxygen atoms in total. The predicted molar refractivity (Wildman–Crippen MR) is 111 cm³/mol. The number of methoxy groups -OCH3 is 1. The molecule has 30 heavy (non-hydrogen) atoms. The molecule has 3 rings (SSSR count). The first kappa shape index (κ1) is 21.3. The van der Waals surface area contributed by atoms with Crippen LogP contribution in [0.5, 0.6) is 11.5 Å². The van der Waals surface area contributed by atoms with Gasteiger partial charge in [0.05, 0.1) is 0 Å². The number of para-hydroxylation sites is 2. The van der Waals surface area contributed by atoms with Crippen LogP contribution in [0.2, 0.25) is 0 Å². The third-order valence-electron chi connectivity index (χ3n) is 5.40. The van der Waals surface area contributed by atoms with Crippen LogP contribution in [0.1, 0.15) is 12.5 Å². The lowest BCUT2D eigenvalue weighted by molar-refractivity contribution is -0.136. The first-order valence-corrected chi connectivity index (χ1v) is 9.55. The molecule has 0 fully saturated rings. The average Bonchev–Trinajstić information content (AvgIpc) is 2.74. The van der Waals surface area contributed by atoms with Gasteiger partial charge < -0.3 is 19.7 Å². The van der Waals surface area contributed by atoms with Crippen LogP contribution in [0.4, 0.5) is 0 Å². The number of carboxylic acid groups (broad SMARTS) is 1. The second-order valence-corrected chi connectivity index (χ2v) is 7.16. The van der Waals surface area contributed by atoms with E-state index in [-0.39, 0.29) is 29.5 Å². The van der Waals surface area contributed by atoms with E-state index < -0.39 is 17.5 Å². The summed E-state index contributed by atoms with van der Waals surface area (Å²) in [6.07, 6.45) is 3.29. The van der Waals surface area contributed by atoms with Crippen molar-refractivity contribution in [3.05, 3.63) is 83.5 Å². The second-order valence-electron chi connectivity index (χ2n) is 7.16. The van der Waals surface area contributed by atoms with Crippen molar-refractivity contribution < 1.29 is 29.3 Å². The zero-order valence-corrected chi connectivity index (χ0v) is 16.9. The van der Waals surface area contributed by atoms with Gasteiger partial charge in [-0.1, -0.05) is 54.6 Å². The number of phenolic OH excluding ortho intramolecular Hbond substituents is 1. The molecule has 0 saturated carbocycles. The normalized spacial score (nSPS) is 20.8. The molecule has 0 spiro atoms. The number of aromatic hydroxyl groups is 1. The van der Waals surface area contributed by atoms with E-state index in [0.29, 0.717) is 12.0 Å². The summed E-state index contributed by atoms with van der Waals surface area (Å²) in [7, 11) is 1.44. The minimum Gasteiger partial charge on any atom is -0.504 e. The van der Waals surface area contributed by atoms with Crippen LogP contribution in [-0.2, 0) is 20.7 Å². The van der Waals surface area contributed by atoms with E-state index >= 15 is 0 Å². The number of carbonyl (C=O) groups is 2. The van der Waals surface area contributed by atoms with Crippen molar-refractivity contribution in [2.45, 2.75) is 18.9 Å². The molecule has 2 aromatic carbocycles. The highest BCUT2D eigenvalue weighted by Gasteiger charge is 2.50. The molecular weight excluding hydrogens is 384 g/mol. The summed E-state index contributed by atoms with van der Waals surface area (Å²) < 4.78 is 11.7. The van der Waals surface area contributed by atoms with Crippen LogP contribution >= 0.6 is 0 Å². The van der Waals surface area contributed by atoms with E-state index in [4.69, 9.17) is 9.47 Å². The van der Waals surface area contributed by atoms with Gasteiger partial charge in [0.25, 0.3) is 0 Å². The molecule has 1 aliphatic carbocycles. The van der Waals surface area contributed by atoms with Crippen molar-refractivity contribution in [2.24, 2.45) is 5.92 Å². The van der Waals surface area contributed by atoms with Crippen LogP contribution in [0, 0.1) is 5.92 Å². The number of allylic oxidation sites excluding steroid dienone is 2. The number of rotatable bonds is 8. The average molecular weight is 408 g/mol. The Balaban J connectivity index is 2.07. The fourth-order valence-corrected chi connectivity index (χ4v) is 3.88. The van der Waals surface area contributed by atoms with Gasteiger partial charge in [0.2, 0.25) is 0 Å².